The molecule has 1 aromatic rings. The van der Waals surface area contributed by atoms with Gasteiger partial charge in [0.05, 0.1) is 17.4 Å². The fourth-order valence-electron chi connectivity index (χ4n) is 6.23. The molecule has 5 atom stereocenters. The number of aliphatic hydroxyl groups excluding tert-OH is 3. The number of hydrogen-bond acceptors (Lipinski definition) is 10. The molecule has 0 bridgehead atoms. The Labute approximate surface area is 219 Å². The van der Waals surface area contributed by atoms with Gasteiger partial charge in [0, 0.05) is 35.6 Å². The quantitative estimate of drug-likeness (QED) is 0.292. The van der Waals surface area contributed by atoms with E-state index in [1.54, 1.807) is 27.7 Å². The maximum absolute atomic E-state index is 13.8. The number of Topliss-reactive ketones (excluding diaryl/α,β-unsaturated/α-hetero) is 2. The molecule has 3 aliphatic rings. The SMILES string of the molecule is C[C@H]1c2c(CS(C)(=O)=O)cc(C(C)(C)C)c(O)c2C(O)=C2C(=O)[C@]3(O)C(O)=C(C(N)=O)C(=O)C[C@@H]3[C@@H](O)[C@@H]21. The Morgan fingerprint density at radius 1 is 1.18 bits per heavy atom. The number of fused-ring (bicyclic) bond motifs is 3. The van der Waals surface area contributed by atoms with Crippen molar-refractivity contribution >= 4 is 33.1 Å². The van der Waals surface area contributed by atoms with Crippen LogP contribution in [0.3, 0.4) is 0 Å². The molecule has 38 heavy (non-hydrogen) atoms. The molecule has 1 saturated carbocycles. The van der Waals surface area contributed by atoms with Gasteiger partial charge in [-0.05, 0) is 22.5 Å². The summed E-state index contributed by atoms with van der Waals surface area (Å²) in [4.78, 5) is 38.2. The Morgan fingerprint density at radius 2 is 1.76 bits per heavy atom. The highest BCUT2D eigenvalue weighted by atomic mass is 32.2. The number of aliphatic hydroxyl groups is 4. The van der Waals surface area contributed by atoms with Crippen LogP contribution < -0.4 is 5.73 Å². The molecule has 0 heterocycles. The van der Waals surface area contributed by atoms with Crippen molar-refractivity contribution in [3.63, 3.8) is 0 Å². The molecule has 11 nitrogen and oxygen atoms in total. The minimum absolute atomic E-state index is 0.198. The minimum atomic E-state index is -3.61. The summed E-state index contributed by atoms with van der Waals surface area (Å²) in [6.45, 7) is 6.84. The number of carbonyl (C=O) groups excluding carboxylic acids is 3. The van der Waals surface area contributed by atoms with Crippen LogP contribution in [0.25, 0.3) is 5.76 Å². The second kappa shape index (κ2) is 8.39. The van der Waals surface area contributed by atoms with E-state index in [4.69, 9.17) is 5.73 Å². The summed E-state index contributed by atoms with van der Waals surface area (Å²) in [5.41, 5.74) is 0.549. The van der Waals surface area contributed by atoms with Crippen LogP contribution >= 0.6 is 0 Å². The lowest BCUT2D eigenvalue weighted by Crippen LogP contribution is -2.64. The number of nitrogens with two attached hydrogens (primary N) is 1. The molecule has 1 aromatic carbocycles. The van der Waals surface area contributed by atoms with E-state index in [2.05, 4.69) is 0 Å². The molecule has 12 heteroatoms. The van der Waals surface area contributed by atoms with Gasteiger partial charge in [-0.2, -0.15) is 0 Å². The largest absolute Gasteiger partial charge is 0.508 e. The first-order valence-electron chi connectivity index (χ1n) is 12.0. The van der Waals surface area contributed by atoms with Crippen molar-refractivity contribution < 1.29 is 48.3 Å². The van der Waals surface area contributed by atoms with Gasteiger partial charge in [-0.1, -0.05) is 33.8 Å². The van der Waals surface area contributed by atoms with E-state index in [1.165, 1.54) is 6.07 Å². The van der Waals surface area contributed by atoms with E-state index in [0.717, 1.165) is 6.26 Å². The summed E-state index contributed by atoms with van der Waals surface area (Å²) in [6, 6.07) is 1.52. The van der Waals surface area contributed by atoms with Gasteiger partial charge in [-0.15, -0.1) is 0 Å². The van der Waals surface area contributed by atoms with E-state index in [9.17, 15) is 48.3 Å². The molecule has 4 rings (SSSR count). The number of sulfone groups is 1. The van der Waals surface area contributed by atoms with E-state index in [-0.39, 0.29) is 22.3 Å². The standard InChI is InChI=1S/C26H31NO10S/c1-9-14-10(8-38(5,36)37)6-11(25(2,3)4)19(29)17(14)21(31)18-15(9)20(30)12-7-13(28)16(24(27)34)22(32)26(12,35)23(18)33/h6,9,12,15,20,29-32,35H,7-8H2,1-5H3,(H2,27,34)/t9-,12+,15+,20+,26+/m0/s1. The van der Waals surface area contributed by atoms with Gasteiger partial charge >= 0.3 is 0 Å². The van der Waals surface area contributed by atoms with Gasteiger partial charge in [0.15, 0.2) is 21.2 Å². The zero-order chi connectivity index (χ0) is 28.9. The monoisotopic (exact) mass is 549 g/mol. The molecule has 7 N–H and O–H groups in total. The van der Waals surface area contributed by atoms with Crippen LogP contribution in [0, 0.1) is 11.8 Å². The second-order valence-electron chi connectivity index (χ2n) is 11.5. The first kappa shape index (κ1) is 27.8. The normalized spacial score (nSPS) is 29.7. The fourth-order valence-corrected chi connectivity index (χ4v) is 7.03. The molecule has 0 unspecified atom stereocenters. The smallest absolute Gasteiger partial charge is 0.255 e. The average molecular weight is 550 g/mol. The summed E-state index contributed by atoms with van der Waals surface area (Å²) in [7, 11) is -3.61. The maximum atomic E-state index is 13.8. The lowest BCUT2D eigenvalue weighted by Gasteiger charge is -2.50. The van der Waals surface area contributed by atoms with Crippen molar-refractivity contribution in [1.29, 1.82) is 0 Å². The number of carbonyl (C=O) groups is 3. The van der Waals surface area contributed by atoms with Crippen LogP contribution in [0.4, 0.5) is 0 Å². The number of hydrogen-bond donors (Lipinski definition) is 6. The lowest BCUT2D eigenvalue weighted by atomic mass is 9.55. The minimum Gasteiger partial charge on any atom is -0.508 e. The number of ketones is 2. The summed E-state index contributed by atoms with van der Waals surface area (Å²) < 4.78 is 24.7. The topological polar surface area (TPSA) is 213 Å². The van der Waals surface area contributed by atoms with Gasteiger partial charge < -0.3 is 31.3 Å². The maximum Gasteiger partial charge on any atom is 0.255 e. The molecule has 1 fully saturated rings. The third kappa shape index (κ3) is 3.76. The number of benzene rings is 1. The Bertz CT molecular complexity index is 1480. The van der Waals surface area contributed by atoms with Crippen molar-refractivity contribution in [3.8, 4) is 5.75 Å². The van der Waals surface area contributed by atoms with Gasteiger partial charge in [0.1, 0.15) is 22.8 Å². The van der Waals surface area contributed by atoms with E-state index < -0.39 is 103 Å². The summed E-state index contributed by atoms with van der Waals surface area (Å²) in [5, 5.41) is 56.3. The third-order valence-electron chi connectivity index (χ3n) is 7.91. The highest BCUT2D eigenvalue weighted by Gasteiger charge is 2.65. The van der Waals surface area contributed by atoms with Crippen molar-refractivity contribution in [2.45, 2.75) is 62.9 Å². The van der Waals surface area contributed by atoms with E-state index >= 15 is 0 Å². The van der Waals surface area contributed by atoms with Crippen LogP contribution in [-0.2, 0) is 35.4 Å². The molecule has 0 radical (unpaired) electrons. The van der Waals surface area contributed by atoms with Crippen molar-refractivity contribution in [1.82, 2.24) is 0 Å². The molecule has 0 aliphatic heterocycles. The molecule has 3 aliphatic carbocycles. The van der Waals surface area contributed by atoms with Gasteiger partial charge in [-0.3, -0.25) is 14.4 Å². The Hall–Kier alpha value is -3.22. The predicted molar refractivity (Wildman–Crippen MR) is 135 cm³/mol. The van der Waals surface area contributed by atoms with Gasteiger partial charge in [-0.25, -0.2) is 8.42 Å². The van der Waals surface area contributed by atoms with E-state index in [0.29, 0.717) is 0 Å². The zero-order valence-corrected chi connectivity index (χ0v) is 22.4. The Balaban J connectivity index is 2.10. The number of primary amides is 1. The van der Waals surface area contributed by atoms with Crippen LogP contribution in [-0.4, -0.2) is 69.4 Å². The van der Waals surface area contributed by atoms with Crippen molar-refractivity contribution in [3.05, 3.63) is 45.2 Å². The number of phenolic OH excluding ortho intramolecular Hbond substituents is 1. The average Bonchev–Trinajstić information content (AvgIpc) is 2.75. The Kier molecular flexibility index (Phi) is 6.14. The summed E-state index contributed by atoms with van der Waals surface area (Å²) in [5.74, 6) is -10.3. The molecule has 0 aromatic heterocycles. The number of phenols is 1. The highest BCUT2D eigenvalue weighted by Crippen LogP contribution is 2.57. The highest BCUT2D eigenvalue weighted by molar-refractivity contribution is 7.89. The molecular formula is C26H31NO10S. The Morgan fingerprint density at radius 3 is 2.26 bits per heavy atom. The molecule has 206 valence electrons. The lowest BCUT2D eigenvalue weighted by molar-refractivity contribution is -0.160. The van der Waals surface area contributed by atoms with Crippen LogP contribution in [0.1, 0.15) is 62.3 Å². The summed E-state index contributed by atoms with van der Waals surface area (Å²) in [6.07, 6.45) is -1.37. The summed E-state index contributed by atoms with van der Waals surface area (Å²) >= 11 is 0. The van der Waals surface area contributed by atoms with Crippen molar-refractivity contribution in [2.75, 3.05) is 6.26 Å². The first-order chi connectivity index (χ1) is 17.2. The molecule has 1 amide bonds. The second-order valence-corrected chi connectivity index (χ2v) is 13.7. The zero-order valence-electron chi connectivity index (χ0n) is 21.6. The van der Waals surface area contributed by atoms with Crippen LogP contribution in [0.2, 0.25) is 0 Å². The number of aromatic hydroxyl groups is 1. The molecular weight excluding hydrogens is 518 g/mol. The molecule has 0 saturated heterocycles. The first-order valence-corrected chi connectivity index (χ1v) is 14.0. The number of amides is 1. The number of rotatable bonds is 3. The predicted octanol–water partition coefficient (Wildman–Crippen LogP) is 0.798. The van der Waals surface area contributed by atoms with Crippen LogP contribution in [0.5, 0.6) is 5.75 Å². The fraction of sp³-hybridized carbons (Fsp3) is 0.500. The van der Waals surface area contributed by atoms with Crippen LogP contribution in [0.15, 0.2) is 23.0 Å². The van der Waals surface area contributed by atoms with E-state index in [1.807, 2.05) is 0 Å². The molecule has 0 spiro atoms. The van der Waals surface area contributed by atoms with Crippen molar-refractivity contribution in [2.24, 2.45) is 17.6 Å². The third-order valence-corrected chi connectivity index (χ3v) is 8.74. The van der Waals surface area contributed by atoms with Gasteiger partial charge in [0.25, 0.3) is 5.91 Å². The van der Waals surface area contributed by atoms with Gasteiger partial charge in [0.2, 0.25) is 5.78 Å².